The predicted molar refractivity (Wildman–Crippen MR) is 147 cm³/mol. The van der Waals surface area contributed by atoms with E-state index in [1.807, 2.05) is 12.2 Å². The number of carbonyl (C=O) groups excluding carboxylic acids is 2. The first-order valence-corrected chi connectivity index (χ1v) is 14.3. The molecule has 1 aromatic rings. The fourth-order valence-corrected chi connectivity index (χ4v) is 6.42. The fourth-order valence-electron chi connectivity index (χ4n) is 6.42. The van der Waals surface area contributed by atoms with Crippen LogP contribution in [0.15, 0.2) is 35.9 Å². The highest BCUT2D eigenvalue weighted by Gasteiger charge is 2.48. The number of phenols is 1. The first kappa shape index (κ1) is 27.7. The molecule has 0 unspecified atom stereocenters. The number of hydrogen-bond acceptors (Lipinski definition) is 7. The number of benzene rings is 1. The van der Waals surface area contributed by atoms with Gasteiger partial charge in [0.1, 0.15) is 6.10 Å². The average molecular weight is 537 g/mol. The number of rotatable bonds is 1. The largest absolute Gasteiger partial charge is 0.504 e. The van der Waals surface area contributed by atoms with Crippen LogP contribution < -0.4 is 4.74 Å². The van der Waals surface area contributed by atoms with Gasteiger partial charge in [-0.3, -0.25) is 0 Å². The van der Waals surface area contributed by atoms with E-state index in [0.717, 1.165) is 25.7 Å². The average Bonchev–Trinajstić information content (AvgIpc) is 3.22. The van der Waals surface area contributed by atoms with Crippen LogP contribution in [0.2, 0.25) is 0 Å². The van der Waals surface area contributed by atoms with Crippen molar-refractivity contribution in [2.45, 2.75) is 104 Å². The maximum atomic E-state index is 13.7. The van der Waals surface area contributed by atoms with E-state index in [1.54, 1.807) is 19.1 Å². The standard InChI is InChI=1S/C32H40O7/c1-6-26-20(4)12-13-32(39-26)17-23-16-22(38-32)11-10-19(3)14-18(2)8-7-9-24-27-25(31(35)36-23)15-21(5)28(33)29(27)37-30(24)34/h7-10,15,18,20,22-23,26,33H,6,11-14,16-17H2,1-5H3/b8-7+,19-10+,24-9-/t18-,20-,22+,23-,26+,32+/m0/s1. The third kappa shape index (κ3) is 5.57. The summed E-state index contributed by atoms with van der Waals surface area (Å²) in [6.45, 7) is 10.3. The molecule has 7 nitrogen and oxygen atoms in total. The van der Waals surface area contributed by atoms with Crippen LogP contribution in [-0.2, 0) is 19.0 Å². The van der Waals surface area contributed by atoms with E-state index in [9.17, 15) is 14.7 Å². The summed E-state index contributed by atoms with van der Waals surface area (Å²) in [4.78, 5) is 26.6. The van der Waals surface area contributed by atoms with Gasteiger partial charge in [0.15, 0.2) is 17.3 Å². The Morgan fingerprint density at radius 3 is 2.67 bits per heavy atom. The lowest BCUT2D eigenvalue weighted by molar-refractivity contribution is -0.334. The third-order valence-electron chi connectivity index (χ3n) is 8.53. The summed E-state index contributed by atoms with van der Waals surface area (Å²) < 4.78 is 24.9. The van der Waals surface area contributed by atoms with E-state index in [2.05, 4.69) is 33.8 Å². The SMILES string of the molecule is CC[C@H]1O[C@]2(CC[C@@H]1C)C[C@@H]1C[C@@H](C/C=C(\C)C[C@@H](C)/C=C/C=C3\C(=O)Oc4c(O)c(C)cc(c43)C(=O)O1)O2. The second-order valence-corrected chi connectivity index (χ2v) is 11.8. The van der Waals surface area contributed by atoms with Crippen LogP contribution in [0.4, 0.5) is 0 Å². The lowest BCUT2D eigenvalue weighted by Crippen LogP contribution is -2.54. The Morgan fingerprint density at radius 1 is 1.10 bits per heavy atom. The molecular weight excluding hydrogens is 496 g/mol. The van der Waals surface area contributed by atoms with Gasteiger partial charge in [0, 0.05) is 19.3 Å². The highest BCUT2D eigenvalue weighted by Crippen LogP contribution is 2.47. The molecular formula is C32H40O7. The van der Waals surface area contributed by atoms with Crippen LogP contribution in [0, 0.1) is 18.8 Å². The van der Waals surface area contributed by atoms with Gasteiger partial charge in [-0.25, -0.2) is 9.59 Å². The van der Waals surface area contributed by atoms with E-state index < -0.39 is 23.8 Å². The van der Waals surface area contributed by atoms with Gasteiger partial charge in [-0.1, -0.05) is 44.6 Å². The van der Waals surface area contributed by atoms with E-state index >= 15 is 0 Å². The Kier molecular flexibility index (Phi) is 7.75. The molecule has 4 aliphatic heterocycles. The molecule has 5 rings (SSSR count). The first-order valence-electron chi connectivity index (χ1n) is 14.3. The third-order valence-corrected chi connectivity index (χ3v) is 8.53. The second-order valence-electron chi connectivity index (χ2n) is 11.8. The molecule has 210 valence electrons. The van der Waals surface area contributed by atoms with Crippen LogP contribution in [0.25, 0.3) is 5.57 Å². The van der Waals surface area contributed by atoms with E-state index in [1.165, 1.54) is 5.57 Å². The maximum Gasteiger partial charge on any atom is 0.344 e. The summed E-state index contributed by atoms with van der Waals surface area (Å²) >= 11 is 0. The second kappa shape index (κ2) is 10.9. The molecule has 2 saturated heterocycles. The first-order chi connectivity index (χ1) is 18.6. The van der Waals surface area contributed by atoms with Crippen LogP contribution in [-0.4, -0.2) is 41.1 Å². The van der Waals surface area contributed by atoms with Gasteiger partial charge in [0.05, 0.1) is 28.9 Å². The molecule has 6 atom stereocenters. The van der Waals surface area contributed by atoms with Crippen molar-refractivity contribution < 1.29 is 33.6 Å². The highest BCUT2D eigenvalue weighted by molar-refractivity contribution is 6.24. The van der Waals surface area contributed by atoms with Gasteiger partial charge >= 0.3 is 11.9 Å². The quantitative estimate of drug-likeness (QED) is 0.247. The summed E-state index contributed by atoms with van der Waals surface area (Å²) in [5.41, 5.74) is 2.41. The van der Waals surface area contributed by atoms with Crippen LogP contribution in [0.5, 0.6) is 11.5 Å². The van der Waals surface area contributed by atoms with Crippen LogP contribution in [0.3, 0.4) is 0 Å². The minimum absolute atomic E-state index is 0.0104. The molecule has 0 aliphatic carbocycles. The summed E-state index contributed by atoms with van der Waals surface area (Å²) in [6, 6.07) is 1.58. The molecule has 39 heavy (non-hydrogen) atoms. The Balaban J connectivity index is 1.56. The summed E-state index contributed by atoms with van der Waals surface area (Å²) in [5, 5.41) is 10.7. The zero-order valence-corrected chi connectivity index (χ0v) is 23.6. The molecule has 4 aliphatic rings. The monoisotopic (exact) mass is 536 g/mol. The molecule has 0 amide bonds. The summed E-state index contributed by atoms with van der Waals surface area (Å²) in [7, 11) is 0. The Bertz CT molecular complexity index is 1240. The predicted octanol–water partition coefficient (Wildman–Crippen LogP) is 6.56. The topological polar surface area (TPSA) is 91.3 Å². The molecule has 4 heterocycles. The number of hydrogen-bond donors (Lipinski definition) is 1. The van der Waals surface area contributed by atoms with Gasteiger partial charge in [0.2, 0.25) is 0 Å². The van der Waals surface area contributed by atoms with E-state index in [4.69, 9.17) is 18.9 Å². The zero-order chi connectivity index (χ0) is 27.9. The zero-order valence-electron chi connectivity index (χ0n) is 23.6. The van der Waals surface area contributed by atoms with Crippen molar-refractivity contribution in [3.8, 4) is 11.5 Å². The number of carbonyl (C=O) groups is 2. The van der Waals surface area contributed by atoms with Crippen molar-refractivity contribution in [1.82, 2.24) is 0 Å². The van der Waals surface area contributed by atoms with Crippen molar-refractivity contribution in [2.75, 3.05) is 0 Å². The Morgan fingerprint density at radius 2 is 1.90 bits per heavy atom. The van der Waals surface area contributed by atoms with Gasteiger partial charge in [-0.05, 0) is 69.1 Å². The number of ether oxygens (including phenoxy) is 4. The van der Waals surface area contributed by atoms with E-state index in [-0.39, 0.29) is 46.3 Å². The maximum absolute atomic E-state index is 13.7. The fraction of sp³-hybridized carbons (Fsp3) is 0.562. The van der Waals surface area contributed by atoms with Gasteiger partial charge in [-0.15, -0.1) is 0 Å². The molecule has 0 radical (unpaired) electrons. The highest BCUT2D eigenvalue weighted by atomic mass is 16.7. The number of esters is 2. The van der Waals surface area contributed by atoms with Crippen molar-refractivity contribution in [3.05, 3.63) is 52.6 Å². The Hall–Kier alpha value is -2.90. The van der Waals surface area contributed by atoms with Crippen molar-refractivity contribution in [3.63, 3.8) is 0 Å². The summed E-state index contributed by atoms with van der Waals surface area (Å²) in [6.07, 6.45) is 12.5. The molecule has 1 aromatic carbocycles. The molecule has 2 bridgehead atoms. The van der Waals surface area contributed by atoms with E-state index in [0.29, 0.717) is 30.7 Å². The number of aryl methyl sites for hydroxylation is 1. The van der Waals surface area contributed by atoms with Crippen LogP contribution in [0.1, 0.15) is 94.1 Å². The van der Waals surface area contributed by atoms with Gasteiger partial charge in [-0.2, -0.15) is 0 Å². The normalized spacial score (nSPS) is 36.7. The number of fused-ring (bicyclic) bond motifs is 2. The number of phenolic OH excluding ortho intramolecular Hbond substituents is 1. The molecule has 1 spiro atoms. The van der Waals surface area contributed by atoms with Crippen molar-refractivity contribution >= 4 is 17.5 Å². The molecule has 0 aromatic heterocycles. The molecule has 0 saturated carbocycles. The Labute approximate surface area is 230 Å². The van der Waals surface area contributed by atoms with Crippen molar-refractivity contribution in [1.29, 1.82) is 0 Å². The molecule has 1 N–H and O–H groups in total. The lowest BCUT2D eigenvalue weighted by atomic mass is 9.85. The minimum Gasteiger partial charge on any atom is -0.504 e. The number of allylic oxidation sites excluding steroid dienone is 4. The number of aromatic hydroxyl groups is 1. The van der Waals surface area contributed by atoms with Crippen molar-refractivity contribution in [2.24, 2.45) is 11.8 Å². The lowest BCUT2D eigenvalue weighted by Gasteiger charge is -2.49. The van der Waals surface area contributed by atoms with Gasteiger partial charge in [0.25, 0.3) is 0 Å². The van der Waals surface area contributed by atoms with Crippen LogP contribution >= 0.6 is 0 Å². The molecule has 2 fully saturated rings. The summed E-state index contributed by atoms with van der Waals surface area (Å²) in [5.74, 6) is -1.40. The molecule has 7 heteroatoms. The van der Waals surface area contributed by atoms with Gasteiger partial charge < -0.3 is 24.1 Å². The minimum atomic E-state index is -0.790. The smallest absolute Gasteiger partial charge is 0.344 e.